The van der Waals surface area contributed by atoms with Crippen molar-refractivity contribution >= 4 is 66.1 Å². The molecule has 56 heavy (non-hydrogen) atoms. The zero-order chi connectivity index (χ0) is 36.5. The molecule has 0 saturated carbocycles. The van der Waals surface area contributed by atoms with E-state index in [2.05, 4.69) is 203 Å². The SMILES string of the molecule is c1ccc2c(c1)Sc1cc3ccccc3cc1C21c2cc(-n3c4ccccc4c4ccccc43)ccc2-c2c(-n3c4ccccc4c4ccccc43)cccc21. The van der Waals surface area contributed by atoms with Gasteiger partial charge in [0.15, 0.2) is 0 Å². The van der Waals surface area contributed by atoms with E-state index in [1.165, 1.54) is 109 Å². The first-order valence-corrected chi connectivity index (χ1v) is 20.2. The van der Waals surface area contributed by atoms with Crippen molar-refractivity contribution in [1.82, 2.24) is 9.13 Å². The van der Waals surface area contributed by atoms with Gasteiger partial charge in [0.25, 0.3) is 0 Å². The minimum Gasteiger partial charge on any atom is -0.309 e. The molecule has 9 aromatic carbocycles. The van der Waals surface area contributed by atoms with Gasteiger partial charge < -0.3 is 9.13 Å². The van der Waals surface area contributed by atoms with Gasteiger partial charge in [-0.3, -0.25) is 0 Å². The summed E-state index contributed by atoms with van der Waals surface area (Å²) in [7, 11) is 0. The predicted octanol–water partition coefficient (Wildman–Crippen LogP) is 13.9. The lowest BCUT2D eigenvalue weighted by atomic mass is 9.67. The first-order valence-electron chi connectivity index (χ1n) is 19.4. The third kappa shape index (κ3) is 3.83. The summed E-state index contributed by atoms with van der Waals surface area (Å²) in [5.74, 6) is 0. The van der Waals surface area contributed by atoms with E-state index < -0.39 is 5.41 Å². The van der Waals surface area contributed by atoms with E-state index in [1.54, 1.807) is 0 Å². The molecule has 0 saturated heterocycles. The molecule has 0 N–H and O–H groups in total. The Kier molecular flexibility index (Phi) is 6.06. The van der Waals surface area contributed by atoms with Gasteiger partial charge in [-0.25, -0.2) is 0 Å². The van der Waals surface area contributed by atoms with Crippen LogP contribution in [0.2, 0.25) is 0 Å². The summed E-state index contributed by atoms with van der Waals surface area (Å²) >= 11 is 1.91. The number of hydrogen-bond acceptors (Lipinski definition) is 1. The van der Waals surface area contributed by atoms with Gasteiger partial charge in [-0.15, -0.1) is 0 Å². The Morgan fingerprint density at radius 3 is 1.55 bits per heavy atom. The van der Waals surface area contributed by atoms with E-state index >= 15 is 0 Å². The molecule has 13 rings (SSSR count). The van der Waals surface area contributed by atoms with Crippen LogP contribution in [0, 0.1) is 0 Å². The van der Waals surface area contributed by atoms with Crippen LogP contribution in [0.3, 0.4) is 0 Å². The van der Waals surface area contributed by atoms with Crippen LogP contribution in [0.4, 0.5) is 0 Å². The Hall–Kier alpha value is -6.81. The van der Waals surface area contributed by atoms with Gasteiger partial charge in [0, 0.05) is 42.6 Å². The Labute approximate surface area is 327 Å². The smallest absolute Gasteiger partial charge is 0.0737 e. The molecule has 2 aromatic heterocycles. The van der Waals surface area contributed by atoms with E-state index in [0.717, 1.165) is 0 Å². The number of fused-ring (bicyclic) bond motifs is 16. The molecular formula is C53H32N2S. The molecule has 0 fully saturated rings. The molecule has 2 nitrogen and oxygen atoms in total. The van der Waals surface area contributed by atoms with Crippen LogP contribution in [-0.4, -0.2) is 9.13 Å². The van der Waals surface area contributed by atoms with Crippen molar-refractivity contribution in [2.24, 2.45) is 0 Å². The molecule has 1 aliphatic carbocycles. The highest BCUT2D eigenvalue weighted by atomic mass is 32.2. The van der Waals surface area contributed by atoms with E-state index in [9.17, 15) is 0 Å². The summed E-state index contributed by atoms with van der Waals surface area (Å²) in [5, 5.41) is 7.61. The molecule has 1 atom stereocenters. The van der Waals surface area contributed by atoms with Gasteiger partial charge in [-0.05, 0) is 99.3 Å². The average Bonchev–Trinajstić information content (AvgIpc) is 3.88. The maximum absolute atomic E-state index is 2.52. The standard InChI is InChI=1S/C53H32N2S/c1-2-15-34-31-51-44(30-33(34)14-1)53(41-20-7-12-27-50(41)56-51)42-21-13-26-49(55-47-24-10-5-18-38(47)39-19-6-11-25-48(39)55)52(42)40-29-28-35(32-43(40)53)54-45-22-8-3-16-36(45)37-17-4-9-23-46(37)54/h1-32H. The molecule has 11 aromatic rings. The molecule has 3 heteroatoms. The summed E-state index contributed by atoms with van der Waals surface area (Å²) in [5.41, 5.74) is 14.6. The van der Waals surface area contributed by atoms with Crippen LogP contribution < -0.4 is 0 Å². The van der Waals surface area contributed by atoms with Gasteiger partial charge in [-0.2, -0.15) is 0 Å². The fourth-order valence-electron chi connectivity index (χ4n) is 10.4. The van der Waals surface area contributed by atoms with E-state index in [1.807, 2.05) is 11.8 Å². The second kappa shape index (κ2) is 11.1. The maximum Gasteiger partial charge on any atom is 0.0737 e. The molecule has 3 heterocycles. The van der Waals surface area contributed by atoms with Crippen LogP contribution >= 0.6 is 11.8 Å². The molecule has 260 valence electrons. The van der Waals surface area contributed by atoms with Crippen molar-refractivity contribution in [3.8, 4) is 22.5 Å². The van der Waals surface area contributed by atoms with Crippen molar-refractivity contribution in [2.45, 2.75) is 15.2 Å². The summed E-state index contributed by atoms with van der Waals surface area (Å²) in [6.07, 6.45) is 0. The van der Waals surface area contributed by atoms with Crippen LogP contribution in [0.15, 0.2) is 204 Å². The van der Waals surface area contributed by atoms with Crippen molar-refractivity contribution in [3.63, 3.8) is 0 Å². The van der Waals surface area contributed by atoms with Gasteiger partial charge in [-0.1, -0.05) is 145 Å². The highest BCUT2D eigenvalue weighted by Gasteiger charge is 2.51. The zero-order valence-corrected chi connectivity index (χ0v) is 31.1. The number of hydrogen-bond donors (Lipinski definition) is 0. The third-order valence-corrected chi connectivity index (χ3v) is 13.7. The fourth-order valence-corrected chi connectivity index (χ4v) is 11.6. The van der Waals surface area contributed by atoms with Crippen molar-refractivity contribution in [2.75, 3.05) is 0 Å². The normalized spacial score (nSPS) is 15.5. The van der Waals surface area contributed by atoms with Crippen molar-refractivity contribution in [1.29, 1.82) is 0 Å². The topological polar surface area (TPSA) is 9.86 Å². The minimum atomic E-state index is -0.560. The van der Waals surface area contributed by atoms with Crippen LogP contribution in [0.25, 0.3) is 76.9 Å². The fraction of sp³-hybridized carbons (Fsp3) is 0.0189. The largest absolute Gasteiger partial charge is 0.309 e. The number of aromatic nitrogens is 2. The molecule has 2 aliphatic rings. The maximum atomic E-state index is 2.52. The van der Waals surface area contributed by atoms with E-state index in [-0.39, 0.29) is 0 Å². The van der Waals surface area contributed by atoms with Crippen LogP contribution in [0.5, 0.6) is 0 Å². The third-order valence-electron chi connectivity index (χ3n) is 12.5. The van der Waals surface area contributed by atoms with Gasteiger partial charge in [0.05, 0.1) is 33.2 Å². The van der Waals surface area contributed by atoms with Crippen molar-refractivity contribution < 1.29 is 0 Å². The molecule has 0 bridgehead atoms. The van der Waals surface area contributed by atoms with E-state index in [4.69, 9.17) is 0 Å². The Balaban J connectivity index is 1.21. The molecular weight excluding hydrogens is 697 g/mol. The minimum absolute atomic E-state index is 0.560. The Morgan fingerprint density at radius 2 is 0.893 bits per heavy atom. The van der Waals surface area contributed by atoms with Gasteiger partial charge in [0.1, 0.15) is 0 Å². The van der Waals surface area contributed by atoms with Gasteiger partial charge in [0.2, 0.25) is 0 Å². The number of benzene rings is 9. The molecule has 0 radical (unpaired) electrons. The molecule has 1 aliphatic heterocycles. The highest BCUT2D eigenvalue weighted by molar-refractivity contribution is 7.99. The second-order valence-electron chi connectivity index (χ2n) is 15.2. The number of para-hydroxylation sites is 4. The quantitative estimate of drug-likeness (QED) is 0.172. The predicted molar refractivity (Wildman–Crippen MR) is 234 cm³/mol. The average molecular weight is 729 g/mol. The monoisotopic (exact) mass is 728 g/mol. The van der Waals surface area contributed by atoms with Crippen LogP contribution in [-0.2, 0) is 5.41 Å². The summed E-state index contributed by atoms with van der Waals surface area (Å²) < 4.78 is 4.98. The molecule has 0 amide bonds. The van der Waals surface area contributed by atoms with Gasteiger partial charge >= 0.3 is 0 Å². The lowest BCUT2D eigenvalue weighted by Crippen LogP contribution is -2.32. The number of rotatable bonds is 2. The summed E-state index contributed by atoms with van der Waals surface area (Å²) in [6.45, 7) is 0. The summed E-state index contributed by atoms with van der Waals surface area (Å²) in [6, 6.07) is 72.7. The lowest BCUT2D eigenvalue weighted by molar-refractivity contribution is 0.723. The second-order valence-corrected chi connectivity index (χ2v) is 16.3. The van der Waals surface area contributed by atoms with E-state index in [0.29, 0.717) is 0 Å². The first kappa shape index (κ1) is 30.5. The zero-order valence-electron chi connectivity index (χ0n) is 30.3. The van der Waals surface area contributed by atoms with Crippen LogP contribution in [0.1, 0.15) is 22.3 Å². The number of nitrogens with zero attached hydrogens (tertiary/aromatic N) is 2. The first-order chi connectivity index (χ1) is 27.8. The Bertz CT molecular complexity index is 3370. The molecule has 1 spiro atoms. The Morgan fingerprint density at radius 1 is 0.357 bits per heavy atom. The lowest BCUT2D eigenvalue weighted by Gasteiger charge is -2.40. The van der Waals surface area contributed by atoms with Crippen molar-refractivity contribution in [3.05, 3.63) is 216 Å². The summed E-state index contributed by atoms with van der Waals surface area (Å²) in [4.78, 5) is 2.62. The molecule has 1 unspecified atom stereocenters. The highest BCUT2D eigenvalue weighted by Crippen LogP contribution is 2.64.